The summed E-state index contributed by atoms with van der Waals surface area (Å²) in [7, 11) is 4.17. The zero-order valence-corrected chi connectivity index (χ0v) is 13.1. The predicted octanol–water partition coefficient (Wildman–Crippen LogP) is 1.98. The first kappa shape index (κ1) is 17.5. The van der Waals surface area contributed by atoms with Gasteiger partial charge in [-0.25, -0.2) is 0 Å². The largest absolute Gasteiger partial charge is 0.493 e. The lowest BCUT2D eigenvalue weighted by molar-refractivity contribution is 0.0915. The van der Waals surface area contributed by atoms with E-state index in [1.807, 2.05) is 0 Å². The summed E-state index contributed by atoms with van der Waals surface area (Å²) in [6.07, 6.45) is 3.67. The van der Waals surface area contributed by atoms with Gasteiger partial charge in [-0.15, -0.1) is 0 Å². The van der Waals surface area contributed by atoms with Crippen LogP contribution in [0, 0.1) is 0 Å². The van der Waals surface area contributed by atoms with Gasteiger partial charge in [0, 0.05) is 12.7 Å². The van der Waals surface area contributed by atoms with Crippen LogP contribution in [0.4, 0.5) is 0 Å². The average Bonchev–Trinajstić information content (AvgIpc) is 2.56. The Kier molecular flexibility index (Phi) is 7.79. The molecule has 5 heteroatoms. The first-order chi connectivity index (χ1) is 10.2. The second-order valence-electron chi connectivity index (χ2n) is 4.83. The molecule has 5 nitrogen and oxygen atoms in total. The number of carbonyl (C=O) groups is 1. The molecule has 0 radical (unpaired) electrons. The van der Waals surface area contributed by atoms with Crippen molar-refractivity contribution in [3.63, 3.8) is 0 Å². The van der Waals surface area contributed by atoms with E-state index in [4.69, 9.17) is 14.6 Å². The maximum Gasteiger partial charge on any atom is 0.176 e. The smallest absolute Gasteiger partial charge is 0.176 e. The van der Waals surface area contributed by atoms with E-state index in [9.17, 15) is 4.79 Å². The highest BCUT2D eigenvalue weighted by atomic mass is 16.5. The number of hydrogen-bond donors (Lipinski definition) is 1. The van der Waals surface area contributed by atoms with Crippen LogP contribution in [0.2, 0.25) is 0 Å². The fourth-order valence-electron chi connectivity index (χ4n) is 2.42. The number of rotatable bonds is 5. The number of carbonyl (C=O) groups excluding carboxylic acids is 1. The number of hydrogen-bond acceptors (Lipinski definition) is 5. The lowest BCUT2D eigenvalue weighted by Crippen LogP contribution is -2.34. The number of ether oxygens (including phenoxy) is 2. The molecule has 1 fully saturated rings. The van der Waals surface area contributed by atoms with Gasteiger partial charge in [-0.2, -0.15) is 0 Å². The predicted molar refractivity (Wildman–Crippen MR) is 82.3 cm³/mol. The quantitative estimate of drug-likeness (QED) is 0.842. The van der Waals surface area contributed by atoms with Crippen molar-refractivity contribution in [3.8, 4) is 11.5 Å². The van der Waals surface area contributed by atoms with Gasteiger partial charge in [-0.3, -0.25) is 9.69 Å². The molecule has 0 saturated carbocycles. The number of methoxy groups -OCH3 is 2. The molecule has 21 heavy (non-hydrogen) atoms. The second kappa shape index (κ2) is 9.37. The second-order valence-corrected chi connectivity index (χ2v) is 4.83. The summed E-state index contributed by atoms with van der Waals surface area (Å²) in [4.78, 5) is 14.5. The minimum atomic E-state index is 0.142. The molecule has 0 unspecified atom stereocenters. The highest BCUT2D eigenvalue weighted by Gasteiger charge is 2.16. The van der Waals surface area contributed by atoms with Crippen molar-refractivity contribution in [1.82, 2.24) is 4.90 Å². The highest BCUT2D eigenvalue weighted by molar-refractivity contribution is 5.98. The number of likely N-dealkylation sites (tertiary alicyclic amines) is 1. The summed E-state index contributed by atoms with van der Waals surface area (Å²) in [6, 6.07) is 5.33. The van der Waals surface area contributed by atoms with E-state index < -0.39 is 0 Å². The SMILES string of the molecule is CO.COc1ccc(C(=O)CN2CCCCC2)cc1OC. The van der Waals surface area contributed by atoms with Crippen LogP contribution in [0.3, 0.4) is 0 Å². The average molecular weight is 295 g/mol. The fourth-order valence-corrected chi connectivity index (χ4v) is 2.42. The zero-order valence-electron chi connectivity index (χ0n) is 13.1. The fraction of sp³-hybridized carbons (Fsp3) is 0.562. The van der Waals surface area contributed by atoms with Crippen molar-refractivity contribution in [2.75, 3.05) is 41.0 Å². The summed E-state index contributed by atoms with van der Waals surface area (Å²) in [5.41, 5.74) is 0.684. The molecule has 118 valence electrons. The first-order valence-corrected chi connectivity index (χ1v) is 7.17. The topological polar surface area (TPSA) is 59.0 Å². The molecule has 0 aliphatic carbocycles. The van der Waals surface area contributed by atoms with E-state index in [1.54, 1.807) is 32.4 Å². The molecule has 1 aromatic carbocycles. The maximum atomic E-state index is 12.2. The van der Waals surface area contributed by atoms with Crippen molar-refractivity contribution in [2.45, 2.75) is 19.3 Å². The Bertz CT molecular complexity index is 442. The van der Waals surface area contributed by atoms with Crippen LogP contribution in [0.15, 0.2) is 18.2 Å². The Morgan fingerprint density at radius 3 is 2.29 bits per heavy atom. The molecule has 1 saturated heterocycles. The molecular formula is C16H25NO4. The Morgan fingerprint density at radius 2 is 1.71 bits per heavy atom. The molecular weight excluding hydrogens is 270 g/mol. The Hall–Kier alpha value is -1.59. The van der Waals surface area contributed by atoms with Gasteiger partial charge in [0.1, 0.15) is 0 Å². The van der Waals surface area contributed by atoms with E-state index in [0.717, 1.165) is 20.2 Å². The Morgan fingerprint density at radius 1 is 1.10 bits per heavy atom. The number of piperidine rings is 1. The van der Waals surface area contributed by atoms with Crippen LogP contribution < -0.4 is 9.47 Å². The molecule has 1 aliphatic heterocycles. The van der Waals surface area contributed by atoms with Gasteiger partial charge < -0.3 is 14.6 Å². The van der Waals surface area contributed by atoms with Crippen LogP contribution >= 0.6 is 0 Å². The zero-order chi connectivity index (χ0) is 15.7. The molecule has 2 rings (SSSR count). The summed E-state index contributed by atoms with van der Waals surface area (Å²) >= 11 is 0. The van der Waals surface area contributed by atoms with E-state index >= 15 is 0 Å². The van der Waals surface area contributed by atoms with Crippen LogP contribution in [-0.2, 0) is 0 Å². The minimum Gasteiger partial charge on any atom is -0.493 e. The molecule has 0 amide bonds. The standard InChI is InChI=1S/C15H21NO3.CH4O/c1-18-14-7-6-12(10-15(14)19-2)13(17)11-16-8-4-3-5-9-16;1-2/h6-7,10H,3-5,8-9,11H2,1-2H3;2H,1H3. The highest BCUT2D eigenvalue weighted by Crippen LogP contribution is 2.27. The van der Waals surface area contributed by atoms with Gasteiger partial charge in [-0.1, -0.05) is 6.42 Å². The number of nitrogens with zero attached hydrogens (tertiary/aromatic N) is 1. The lowest BCUT2D eigenvalue weighted by atomic mass is 10.1. The third kappa shape index (κ3) is 5.02. The lowest BCUT2D eigenvalue weighted by Gasteiger charge is -2.25. The molecule has 1 aromatic rings. The summed E-state index contributed by atoms with van der Waals surface area (Å²) in [5.74, 6) is 1.40. The third-order valence-electron chi connectivity index (χ3n) is 3.52. The monoisotopic (exact) mass is 295 g/mol. The number of benzene rings is 1. The molecule has 0 aromatic heterocycles. The molecule has 0 atom stereocenters. The van der Waals surface area contributed by atoms with E-state index in [1.165, 1.54) is 19.3 Å². The van der Waals surface area contributed by atoms with Crippen LogP contribution in [0.5, 0.6) is 11.5 Å². The van der Waals surface area contributed by atoms with Gasteiger partial charge in [0.15, 0.2) is 17.3 Å². The van der Waals surface area contributed by atoms with Crippen molar-refractivity contribution in [2.24, 2.45) is 0 Å². The Balaban J connectivity index is 0.00000106. The molecule has 1 heterocycles. The summed E-state index contributed by atoms with van der Waals surface area (Å²) in [6.45, 7) is 2.55. The summed E-state index contributed by atoms with van der Waals surface area (Å²) < 4.78 is 10.4. The van der Waals surface area contributed by atoms with Crippen molar-refractivity contribution in [1.29, 1.82) is 0 Å². The number of aliphatic hydroxyl groups is 1. The molecule has 0 bridgehead atoms. The molecule has 0 spiro atoms. The number of aliphatic hydroxyl groups excluding tert-OH is 1. The van der Waals surface area contributed by atoms with Crippen molar-refractivity contribution in [3.05, 3.63) is 23.8 Å². The normalized spacial score (nSPS) is 14.9. The van der Waals surface area contributed by atoms with E-state index in [-0.39, 0.29) is 5.78 Å². The van der Waals surface area contributed by atoms with Gasteiger partial charge >= 0.3 is 0 Å². The van der Waals surface area contributed by atoms with E-state index in [2.05, 4.69) is 4.90 Å². The van der Waals surface area contributed by atoms with Gasteiger partial charge in [0.2, 0.25) is 0 Å². The number of Topliss-reactive ketones (excluding diaryl/α,β-unsaturated/α-hetero) is 1. The number of ketones is 1. The van der Waals surface area contributed by atoms with Gasteiger partial charge in [0.05, 0.1) is 20.8 Å². The minimum absolute atomic E-state index is 0.142. The summed E-state index contributed by atoms with van der Waals surface area (Å²) in [5, 5.41) is 7.00. The van der Waals surface area contributed by atoms with Gasteiger partial charge in [-0.05, 0) is 44.1 Å². The van der Waals surface area contributed by atoms with Gasteiger partial charge in [0.25, 0.3) is 0 Å². The van der Waals surface area contributed by atoms with Crippen LogP contribution in [0.25, 0.3) is 0 Å². The molecule has 1 aliphatic rings. The maximum absolute atomic E-state index is 12.2. The van der Waals surface area contributed by atoms with Crippen molar-refractivity contribution < 1.29 is 19.4 Å². The first-order valence-electron chi connectivity index (χ1n) is 7.17. The van der Waals surface area contributed by atoms with Crippen LogP contribution in [0.1, 0.15) is 29.6 Å². The Labute approximate surface area is 126 Å². The van der Waals surface area contributed by atoms with E-state index in [0.29, 0.717) is 23.6 Å². The van der Waals surface area contributed by atoms with Crippen molar-refractivity contribution >= 4 is 5.78 Å². The third-order valence-corrected chi connectivity index (χ3v) is 3.52. The molecule has 1 N–H and O–H groups in total. The van der Waals surface area contributed by atoms with Crippen LogP contribution in [-0.4, -0.2) is 56.8 Å².